The molecule has 1 aliphatic rings. The Morgan fingerprint density at radius 1 is 0.721 bits per heavy atom. The van der Waals surface area contributed by atoms with Crippen molar-refractivity contribution in [3.63, 3.8) is 0 Å². The van der Waals surface area contributed by atoms with E-state index in [2.05, 4.69) is 30.7 Å². The molecule has 0 aliphatic carbocycles. The Kier molecular flexibility index (Phi) is 10.8. The Morgan fingerprint density at radius 3 is 1.58 bits per heavy atom. The summed E-state index contributed by atoms with van der Waals surface area (Å²) in [5.74, 6) is -0.817. The number of piperazine rings is 1. The van der Waals surface area contributed by atoms with Crippen molar-refractivity contribution in [1.82, 2.24) is 4.90 Å². The highest BCUT2D eigenvalue weighted by molar-refractivity contribution is 5.96. The van der Waals surface area contributed by atoms with E-state index in [1.807, 2.05) is 11.9 Å². The van der Waals surface area contributed by atoms with Crippen LogP contribution in [0.15, 0.2) is 24.3 Å². The second kappa shape index (κ2) is 14.3. The van der Waals surface area contributed by atoms with Crippen LogP contribution in [0, 0.1) is 0 Å². The van der Waals surface area contributed by atoms with Crippen LogP contribution in [0.3, 0.4) is 0 Å². The number of benzene rings is 2. The molecule has 16 heteroatoms. The number of nitrogens with zero attached hydrogens (tertiary/aromatic N) is 2. The number of hydrogen-bond donors (Lipinski definition) is 6. The highest BCUT2D eigenvalue weighted by atomic mass is 16.5. The van der Waals surface area contributed by atoms with Crippen molar-refractivity contribution >= 4 is 46.8 Å². The summed E-state index contributed by atoms with van der Waals surface area (Å²) in [5.41, 5.74) is 0.573. The third kappa shape index (κ3) is 8.76. The summed E-state index contributed by atoms with van der Waals surface area (Å²) in [5, 5.41) is 30.9. The Balaban J connectivity index is 1.54. The van der Waals surface area contributed by atoms with Gasteiger partial charge in [0, 0.05) is 37.4 Å². The van der Waals surface area contributed by atoms with Crippen LogP contribution >= 0.6 is 0 Å². The quantitative estimate of drug-likeness (QED) is 0.171. The van der Waals surface area contributed by atoms with E-state index in [-0.39, 0.29) is 70.7 Å². The van der Waals surface area contributed by atoms with Crippen LogP contribution in [-0.4, -0.2) is 118 Å². The van der Waals surface area contributed by atoms with Crippen LogP contribution in [0.1, 0.15) is 0 Å². The molecule has 1 fully saturated rings. The first-order chi connectivity index (χ1) is 20.4. The highest BCUT2D eigenvalue weighted by Crippen LogP contribution is 2.37. The summed E-state index contributed by atoms with van der Waals surface area (Å²) in [6.45, 7) is 2.37. The van der Waals surface area contributed by atoms with Crippen LogP contribution in [0.4, 0.5) is 32.3 Å². The molecule has 43 heavy (non-hydrogen) atoms. The van der Waals surface area contributed by atoms with Crippen LogP contribution in [0.25, 0.3) is 0 Å². The monoisotopic (exact) mass is 605 g/mol. The molecule has 0 spiro atoms. The molecule has 16 nitrogen and oxygen atoms in total. The van der Waals surface area contributed by atoms with Crippen molar-refractivity contribution in [2.24, 2.45) is 0 Å². The molecule has 1 aliphatic heterocycles. The van der Waals surface area contributed by atoms with E-state index < -0.39 is 12.2 Å². The molecule has 0 atom stereocenters. The fourth-order valence-electron chi connectivity index (χ4n) is 4.43. The third-order valence-corrected chi connectivity index (χ3v) is 6.83. The van der Waals surface area contributed by atoms with Gasteiger partial charge >= 0.3 is 12.2 Å². The number of likely N-dealkylation sites (N-methyl/N-ethyl adjacent to an activating group) is 1. The number of methoxy groups -OCH3 is 4. The number of aromatic hydroxyl groups is 2. The lowest BCUT2D eigenvalue weighted by molar-refractivity contribution is -0.905. The Morgan fingerprint density at radius 2 is 1.16 bits per heavy atom. The zero-order valence-electron chi connectivity index (χ0n) is 24.6. The average molecular weight is 606 g/mol. The number of anilines is 4. The van der Waals surface area contributed by atoms with E-state index in [0.29, 0.717) is 30.7 Å². The summed E-state index contributed by atoms with van der Waals surface area (Å²) in [4.78, 5) is 50.6. The SMILES string of the molecule is COC(=O)Nc1cc(O)c(NC(=O)CN2CC[N+](C)(CC(=O)Nc3cc(OC)c(NC(=O)OC)cc3O)CC2)cc1OC. The zero-order chi connectivity index (χ0) is 31.7. The maximum Gasteiger partial charge on any atom is 0.411 e. The van der Waals surface area contributed by atoms with Gasteiger partial charge in [-0.25, -0.2) is 9.59 Å². The molecule has 2 aromatic rings. The number of amides is 4. The van der Waals surface area contributed by atoms with Gasteiger partial charge in [0.15, 0.2) is 6.54 Å². The lowest BCUT2D eigenvalue weighted by atomic mass is 10.2. The maximum atomic E-state index is 12.9. The Hall–Kier alpha value is -4.96. The molecule has 2 aromatic carbocycles. The number of nitrogens with one attached hydrogen (secondary N) is 4. The summed E-state index contributed by atoms with van der Waals surface area (Å²) in [6.07, 6.45) is -1.49. The largest absolute Gasteiger partial charge is 0.506 e. The molecule has 4 amide bonds. The van der Waals surface area contributed by atoms with Gasteiger partial charge in [0.2, 0.25) is 5.91 Å². The smallest absolute Gasteiger partial charge is 0.411 e. The van der Waals surface area contributed by atoms with Crippen LogP contribution in [0.2, 0.25) is 0 Å². The fraction of sp³-hybridized carbons (Fsp3) is 0.407. The lowest BCUT2D eigenvalue weighted by Gasteiger charge is -2.41. The van der Waals surface area contributed by atoms with Crippen molar-refractivity contribution in [1.29, 1.82) is 0 Å². The minimum Gasteiger partial charge on any atom is -0.506 e. The van der Waals surface area contributed by atoms with E-state index in [1.54, 1.807) is 0 Å². The van der Waals surface area contributed by atoms with Gasteiger partial charge in [-0.2, -0.15) is 0 Å². The molecular formula is C27H37N6O10+. The summed E-state index contributed by atoms with van der Waals surface area (Å²) in [7, 11) is 7.09. The number of carbonyl (C=O) groups excluding carboxylic acids is 4. The zero-order valence-corrected chi connectivity index (χ0v) is 24.6. The summed E-state index contributed by atoms with van der Waals surface area (Å²) >= 11 is 0. The Labute approximate surface area is 248 Å². The van der Waals surface area contributed by atoms with E-state index in [1.165, 1.54) is 52.7 Å². The van der Waals surface area contributed by atoms with Crippen LogP contribution in [0.5, 0.6) is 23.0 Å². The summed E-state index contributed by atoms with van der Waals surface area (Å²) in [6, 6.07) is 5.27. The van der Waals surface area contributed by atoms with Gasteiger partial charge in [-0.1, -0.05) is 0 Å². The van der Waals surface area contributed by atoms with Gasteiger partial charge in [0.25, 0.3) is 5.91 Å². The normalized spacial score (nSPS) is 14.2. The van der Waals surface area contributed by atoms with Gasteiger partial charge in [0.05, 0.1) is 77.9 Å². The van der Waals surface area contributed by atoms with Gasteiger partial charge < -0.3 is 44.3 Å². The van der Waals surface area contributed by atoms with Crippen molar-refractivity contribution < 1.29 is 52.8 Å². The Bertz CT molecular complexity index is 1360. The first kappa shape index (κ1) is 32.6. The van der Waals surface area contributed by atoms with Crippen molar-refractivity contribution in [2.75, 3.05) is 96.0 Å². The molecule has 0 unspecified atom stereocenters. The minimum absolute atomic E-state index is 0.0513. The van der Waals surface area contributed by atoms with E-state index in [0.717, 1.165) is 0 Å². The van der Waals surface area contributed by atoms with Gasteiger partial charge in [0.1, 0.15) is 23.0 Å². The number of carbonyl (C=O) groups is 4. The molecule has 0 radical (unpaired) electrons. The van der Waals surface area contributed by atoms with E-state index >= 15 is 0 Å². The predicted molar refractivity (Wildman–Crippen MR) is 156 cm³/mol. The molecule has 0 bridgehead atoms. The molecular weight excluding hydrogens is 568 g/mol. The van der Waals surface area contributed by atoms with Crippen LogP contribution in [-0.2, 0) is 19.1 Å². The molecule has 6 N–H and O–H groups in total. The second-order valence-electron chi connectivity index (χ2n) is 9.97. The first-order valence-electron chi connectivity index (χ1n) is 13.1. The number of quaternary nitrogens is 1. The molecule has 3 rings (SSSR count). The van der Waals surface area contributed by atoms with Gasteiger partial charge in [-0.15, -0.1) is 0 Å². The minimum atomic E-state index is -0.746. The molecule has 0 saturated carbocycles. The maximum absolute atomic E-state index is 12.9. The van der Waals surface area contributed by atoms with Crippen LogP contribution < -0.4 is 30.7 Å². The lowest BCUT2D eigenvalue weighted by Crippen LogP contribution is -2.60. The number of rotatable bonds is 10. The number of phenolic OH excluding ortho intramolecular Hbond substituents is 2. The first-order valence-corrected chi connectivity index (χ1v) is 13.1. The summed E-state index contributed by atoms with van der Waals surface area (Å²) < 4.78 is 20.0. The number of hydrogen-bond acceptors (Lipinski definition) is 11. The van der Waals surface area contributed by atoms with Crippen molar-refractivity contribution in [3.8, 4) is 23.0 Å². The standard InChI is InChI=1S/C27H36N6O10/c1-33(15-25(37)29-17-13-23(41-3)19(11-21(17)35)31-27(39)43-5)8-6-32(7-9-33)14-24(36)28-16-12-22(40-2)18(10-20(16)34)30-26(38)42-4/h10-13H,6-9,14-15H2,1-5H3,(H5-,28,29,30,31,34,35,36,37,38,39)/p+1. The second-order valence-corrected chi connectivity index (χ2v) is 9.97. The van der Waals surface area contributed by atoms with Gasteiger partial charge in [-0.3, -0.25) is 25.1 Å². The molecule has 1 saturated heterocycles. The highest BCUT2D eigenvalue weighted by Gasteiger charge is 2.32. The topological polar surface area (TPSA) is 197 Å². The van der Waals surface area contributed by atoms with Gasteiger partial charge in [-0.05, 0) is 0 Å². The fourth-order valence-corrected chi connectivity index (χ4v) is 4.43. The predicted octanol–water partition coefficient (Wildman–Crippen LogP) is 1.81. The third-order valence-electron chi connectivity index (χ3n) is 6.83. The number of phenols is 2. The van der Waals surface area contributed by atoms with Crippen molar-refractivity contribution in [2.45, 2.75) is 0 Å². The van der Waals surface area contributed by atoms with E-state index in [4.69, 9.17) is 9.47 Å². The van der Waals surface area contributed by atoms with E-state index in [9.17, 15) is 29.4 Å². The molecule has 1 heterocycles. The number of ether oxygens (including phenoxy) is 4. The average Bonchev–Trinajstić information content (AvgIpc) is 2.96. The molecule has 0 aromatic heterocycles. The van der Waals surface area contributed by atoms with Crippen molar-refractivity contribution in [3.05, 3.63) is 24.3 Å². The molecule has 234 valence electrons.